The molecule has 1 amide bonds. The van der Waals surface area contributed by atoms with Crippen LogP contribution in [0.4, 0.5) is 5.69 Å². The Morgan fingerprint density at radius 2 is 2.16 bits per heavy atom. The molecule has 1 heterocycles. The number of nitrogens with one attached hydrogen (secondary N) is 2. The molecular formula is C14H18N4O. The first-order valence-corrected chi connectivity index (χ1v) is 6.15. The number of carbonyl (C=O) groups excluding carboxylic acids is 1. The lowest BCUT2D eigenvalue weighted by molar-refractivity contribution is 0.0950. The van der Waals surface area contributed by atoms with Gasteiger partial charge in [-0.3, -0.25) is 9.48 Å². The van der Waals surface area contributed by atoms with Crippen molar-refractivity contribution in [1.29, 1.82) is 0 Å². The fraction of sp³-hybridized carbons (Fsp3) is 0.286. The van der Waals surface area contributed by atoms with Crippen LogP contribution in [0.25, 0.3) is 0 Å². The van der Waals surface area contributed by atoms with E-state index in [1.165, 1.54) is 0 Å². The lowest BCUT2D eigenvalue weighted by Gasteiger charge is -2.08. The van der Waals surface area contributed by atoms with Crippen LogP contribution in [-0.4, -0.2) is 22.7 Å². The average molecular weight is 258 g/mol. The highest BCUT2D eigenvalue weighted by atomic mass is 16.1. The first-order chi connectivity index (χ1) is 9.10. The molecule has 0 saturated heterocycles. The van der Waals surface area contributed by atoms with Crippen LogP contribution in [0, 0.1) is 6.92 Å². The van der Waals surface area contributed by atoms with Crippen molar-refractivity contribution < 1.29 is 4.79 Å². The van der Waals surface area contributed by atoms with E-state index in [4.69, 9.17) is 0 Å². The maximum Gasteiger partial charge on any atom is 0.251 e. The topological polar surface area (TPSA) is 59.0 Å². The summed E-state index contributed by atoms with van der Waals surface area (Å²) in [5.74, 6) is -0.0867. The highest BCUT2D eigenvalue weighted by molar-refractivity contribution is 5.94. The van der Waals surface area contributed by atoms with Crippen LogP contribution in [0.15, 0.2) is 30.5 Å². The van der Waals surface area contributed by atoms with Crippen LogP contribution < -0.4 is 10.6 Å². The van der Waals surface area contributed by atoms with Crippen molar-refractivity contribution in [3.63, 3.8) is 0 Å². The molecule has 19 heavy (non-hydrogen) atoms. The van der Waals surface area contributed by atoms with Gasteiger partial charge in [-0.25, -0.2) is 0 Å². The van der Waals surface area contributed by atoms with E-state index in [0.717, 1.165) is 16.9 Å². The number of hydrogen-bond acceptors (Lipinski definition) is 3. The third kappa shape index (κ3) is 3.13. The number of nitrogens with zero attached hydrogens (tertiary/aromatic N) is 2. The molecule has 1 aromatic heterocycles. The Morgan fingerprint density at radius 3 is 2.74 bits per heavy atom. The predicted molar refractivity (Wildman–Crippen MR) is 75.1 cm³/mol. The molecule has 0 spiro atoms. The normalized spacial score (nSPS) is 10.3. The standard InChI is InChI=1S/C14H18N4O/c1-10-8-11(4-5-13(10)15-2)14(19)16-9-12-6-7-18(3)17-12/h4-8,15H,9H2,1-3H3,(H,16,19). The highest BCUT2D eigenvalue weighted by Gasteiger charge is 2.07. The summed E-state index contributed by atoms with van der Waals surface area (Å²) in [6.07, 6.45) is 1.85. The van der Waals surface area contributed by atoms with Gasteiger partial charge in [0, 0.05) is 31.5 Å². The lowest BCUT2D eigenvalue weighted by Crippen LogP contribution is -2.23. The number of carbonyl (C=O) groups is 1. The van der Waals surface area contributed by atoms with Gasteiger partial charge in [-0.15, -0.1) is 0 Å². The smallest absolute Gasteiger partial charge is 0.251 e. The molecule has 5 nitrogen and oxygen atoms in total. The van der Waals surface area contributed by atoms with Crippen molar-refractivity contribution in [2.75, 3.05) is 12.4 Å². The Balaban J connectivity index is 2.01. The molecule has 5 heteroatoms. The largest absolute Gasteiger partial charge is 0.388 e. The van der Waals surface area contributed by atoms with Crippen molar-refractivity contribution in [2.45, 2.75) is 13.5 Å². The summed E-state index contributed by atoms with van der Waals surface area (Å²) in [4.78, 5) is 12.0. The van der Waals surface area contributed by atoms with E-state index in [-0.39, 0.29) is 5.91 Å². The maximum absolute atomic E-state index is 12.0. The number of hydrogen-bond donors (Lipinski definition) is 2. The monoisotopic (exact) mass is 258 g/mol. The molecule has 0 fully saturated rings. The third-order valence-corrected chi connectivity index (χ3v) is 2.96. The minimum atomic E-state index is -0.0867. The number of anilines is 1. The van der Waals surface area contributed by atoms with Crippen molar-refractivity contribution in [1.82, 2.24) is 15.1 Å². The molecule has 2 aromatic rings. The van der Waals surface area contributed by atoms with Gasteiger partial charge in [0.2, 0.25) is 0 Å². The van der Waals surface area contributed by atoms with Crippen LogP contribution in [-0.2, 0) is 13.6 Å². The Hall–Kier alpha value is -2.30. The molecule has 0 radical (unpaired) electrons. The maximum atomic E-state index is 12.0. The Morgan fingerprint density at radius 1 is 1.37 bits per heavy atom. The first kappa shape index (κ1) is 13.1. The van der Waals surface area contributed by atoms with E-state index in [1.54, 1.807) is 4.68 Å². The van der Waals surface area contributed by atoms with E-state index < -0.39 is 0 Å². The van der Waals surface area contributed by atoms with Gasteiger partial charge in [0.25, 0.3) is 5.91 Å². The molecule has 0 saturated carbocycles. The van der Waals surface area contributed by atoms with Crippen molar-refractivity contribution in [3.05, 3.63) is 47.3 Å². The molecule has 0 unspecified atom stereocenters. The predicted octanol–water partition coefficient (Wildman–Crippen LogP) is 1.70. The van der Waals surface area contributed by atoms with E-state index in [0.29, 0.717) is 12.1 Å². The van der Waals surface area contributed by atoms with Gasteiger partial charge in [-0.1, -0.05) is 0 Å². The van der Waals surface area contributed by atoms with Gasteiger partial charge in [0.05, 0.1) is 12.2 Å². The summed E-state index contributed by atoms with van der Waals surface area (Å²) in [5.41, 5.74) is 3.58. The summed E-state index contributed by atoms with van der Waals surface area (Å²) in [6, 6.07) is 7.48. The molecule has 100 valence electrons. The van der Waals surface area contributed by atoms with Gasteiger partial charge >= 0.3 is 0 Å². The van der Waals surface area contributed by atoms with Gasteiger partial charge in [-0.2, -0.15) is 5.10 Å². The van der Waals surface area contributed by atoms with E-state index in [1.807, 2.05) is 51.5 Å². The van der Waals surface area contributed by atoms with Crippen molar-refractivity contribution >= 4 is 11.6 Å². The third-order valence-electron chi connectivity index (χ3n) is 2.96. The second-order valence-corrected chi connectivity index (χ2v) is 4.44. The molecule has 0 bridgehead atoms. The number of rotatable bonds is 4. The number of aromatic nitrogens is 2. The van der Waals surface area contributed by atoms with Gasteiger partial charge in [0.1, 0.15) is 0 Å². The van der Waals surface area contributed by atoms with Gasteiger partial charge in [0.15, 0.2) is 0 Å². The van der Waals surface area contributed by atoms with Crippen LogP contribution >= 0.6 is 0 Å². The fourth-order valence-electron chi connectivity index (χ4n) is 1.92. The molecule has 0 aliphatic carbocycles. The average Bonchev–Trinajstić information content (AvgIpc) is 2.81. The minimum absolute atomic E-state index is 0.0867. The van der Waals surface area contributed by atoms with E-state index in [2.05, 4.69) is 15.7 Å². The van der Waals surface area contributed by atoms with Gasteiger partial charge < -0.3 is 10.6 Å². The van der Waals surface area contributed by atoms with Crippen LogP contribution in [0.1, 0.15) is 21.6 Å². The Bertz CT molecular complexity index is 589. The first-order valence-electron chi connectivity index (χ1n) is 6.15. The van der Waals surface area contributed by atoms with Crippen LogP contribution in [0.3, 0.4) is 0 Å². The molecule has 2 rings (SSSR count). The van der Waals surface area contributed by atoms with Gasteiger partial charge in [-0.05, 0) is 36.8 Å². The second-order valence-electron chi connectivity index (χ2n) is 4.44. The highest BCUT2D eigenvalue weighted by Crippen LogP contribution is 2.15. The summed E-state index contributed by atoms with van der Waals surface area (Å²) < 4.78 is 1.72. The summed E-state index contributed by atoms with van der Waals surface area (Å²) in [6.45, 7) is 2.41. The summed E-state index contributed by atoms with van der Waals surface area (Å²) in [7, 11) is 3.72. The Kier molecular flexibility index (Phi) is 3.85. The zero-order chi connectivity index (χ0) is 13.8. The lowest BCUT2D eigenvalue weighted by atomic mass is 10.1. The molecular weight excluding hydrogens is 240 g/mol. The molecule has 0 aliphatic rings. The number of aryl methyl sites for hydroxylation is 2. The molecule has 0 atom stereocenters. The van der Waals surface area contributed by atoms with Crippen LogP contribution in [0.5, 0.6) is 0 Å². The zero-order valence-electron chi connectivity index (χ0n) is 11.4. The van der Waals surface area contributed by atoms with Crippen molar-refractivity contribution in [2.24, 2.45) is 7.05 Å². The summed E-state index contributed by atoms with van der Waals surface area (Å²) in [5, 5.41) is 10.1. The van der Waals surface area contributed by atoms with E-state index in [9.17, 15) is 4.79 Å². The van der Waals surface area contributed by atoms with E-state index >= 15 is 0 Å². The van der Waals surface area contributed by atoms with Crippen LogP contribution in [0.2, 0.25) is 0 Å². The molecule has 0 aliphatic heterocycles. The quantitative estimate of drug-likeness (QED) is 0.877. The number of amides is 1. The second kappa shape index (κ2) is 5.56. The van der Waals surface area contributed by atoms with Crippen molar-refractivity contribution in [3.8, 4) is 0 Å². The molecule has 1 aromatic carbocycles. The fourth-order valence-corrected chi connectivity index (χ4v) is 1.92. The Labute approximate surface area is 112 Å². The SMILES string of the molecule is CNc1ccc(C(=O)NCc2ccn(C)n2)cc1C. The number of benzene rings is 1. The molecule has 2 N–H and O–H groups in total. The summed E-state index contributed by atoms with van der Waals surface area (Å²) >= 11 is 0. The zero-order valence-corrected chi connectivity index (χ0v) is 11.4. The minimum Gasteiger partial charge on any atom is -0.388 e.